The van der Waals surface area contributed by atoms with Gasteiger partial charge in [-0.2, -0.15) is 0 Å². The molecule has 5 fully saturated rings. The number of fused-ring (bicyclic) bond motifs is 15. The Bertz CT molecular complexity index is 6360. The van der Waals surface area contributed by atoms with E-state index in [-0.39, 0.29) is 197 Å². The van der Waals surface area contributed by atoms with Crippen LogP contribution in [0.5, 0.6) is 57.5 Å². The number of methoxy groups -OCH3 is 10. The van der Waals surface area contributed by atoms with Crippen molar-refractivity contribution in [2.75, 3.05) is 136 Å². The fourth-order valence-electron chi connectivity index (χ4n) is 16.1. The largest absolute Gasteiger partial charge is 0.493 e. The highest BCUT2D eigenvalue weighted by Crippen LogP contribution is 2.51. The maximum atomic E-state index is 11.5. The van der Waals surface area contributed by atoms with E-state index in [1.54, 1.807) is 13.8 Å². The molecule has 5 saturated heterocycles. The van der Waals surface area contributed by atoms with Gasteiger partial charge in [0, 0.05) is 137 Å². The second kappa shape index (κ2) is 40.4. The van der Waals surface area contributed by atoms with Gasteiger partial charge in [-0.05, 0) is 271 Å². The molecular formula is C96H147N5O15. The molecule has 0 radical (unpaired) electrons. The summed E-state index contributed by atoms with van der Waals surface area (Å²) in [5, 5.41) is 55.0. The third-order valence-electron chi connectivity index (χ3n) is 21.4. The predicted octanol–water partition coefficient (Wildman–Crippen LogP) is 15.5. The highest BCUT2D eigenvalue weighted by molar-refractivity contribution is 5.54. The van der Waals surface area contributed by atoms with E-state index >= 15 is 0 Å². The van der Waals surface area contributed by atoms with E-state index in [1.165, 1.54) is 50.2 Å². The summed E-state index contributed by atoms with van der Waals surface area (Å²) < 4.78 is 478. The van der Waals surface area contributed by atoms with Crippen LogP contribution in [0.3, 0.4) is 0 Å². The average molecular weight is 1660 g/mol. The van der Waals surface area contributed by atoms with Crippen LogP contribution in [0.15, 0.2) is 60.4 Å². The first-order chi connectivity index (χ1) is 75.4. The Balaban J connectivity index is 0.000000197. The summed E-state index contributed by atoms with van der Waals surface area (Å²) in [6.45, 7) is -5.98. The molecule has 5 aromatic carbocycles. The number of piperidine rings is 5. The molecular weight excluding hydrogens is 1460 g/mol. The van der Waals surface area contributed by atoms with Crippen molar-refractivity contribution in [1.29, 1.82) is 0 Å². The summed E-state index contributed by atoms with van der Waals surface area (Å²) in [6, 6.07) is -10.8. The van der Waals surface area contributed by atoms with Crippen molar-refractivity contribution in [3.05, 3.63) is 116 Å². The number of hydrogen-bond donors (Lipinski definition) is 5. The number of ether oxygens (including phenoxy) is 10. The van der Waals surface area contributed by atoms with Crippen molar-refractivity contribution in [1.82, 2.24) is 24.5 Å². The maximum Gasteiger partial charge on any atom is 0.161 e. The van der Waals surface area contributed by atoms with E-state index in [2.05, 4.69) is 0 Å². The van der Waals surface area contributed by atoms with Gasteiger partial charge in [0.1, 0.15) is 0 Å². The van der Waals surface area contributed by atoms with Crippen LogP contribution in [0.25, 0.3) is 0 Å². The third-order valence-corrected chi connectivity index (χ3v) is 21.4. The fourth-order valence-corrected chi connectivity index (χ4v) is 16.1. The lowest BCUT2D eigenvalue weighted by Crippen LogP contribution is -2.48. The smallest absolute Gasteiger partial charge is 0.161 e. The molecule has 5 N–H and O–H groups in total. The van der Waals surface area contributed by atoms with Gasteiger partial charge in [0.05, 0.1) is 130 Å². The summed E-state index contributed by atoms with van der Waals surface area (Å²) >= 11 is 0. The van der Waals surface area contributed by atoms with Crippen LogP contribution in [-0.2, 0) is 32.0 Å². The molecule has 5 aromatic rings. The van der Waals surface area contributed by atoms with E-state index in [0.717, 1.165) is 19.1 Å². The number of nitrogens with zero attached hydrogens (tertiary/aromatic N) is 5. The molecule has 0 bridgehead atoms. The topological polar surface area (TPSA) is 210 Å². The molecule has 20 heteroatoms. The molecule has 15 atom stereocenters. The molecule has 646 valence electrons. The number of benzene rings is 5. The highest BCUT2D eigenvalue weighted by Gasteiger charge is 2.45. The van der Waals surface area contributed by atoms with Crippen LogP contribution < -0.4 is 47.4 Å². The van der Waals surface area contributed by atoms with Gasteiger partial charge in [-0.1, -0.05) is 76.0 Å². The molecule has 10 aliphatic heterocycles. The fraction of sp³-hybridized carbons (Fsp3) is 0.688. The molecule has 15 unspecified atom stereocenters. The first-order valence-electron chi connectivity index (χ1n) is 64.5. The van der Waals surface area contributed by atoms with Crippen LogP contribution in [0, 0.1) is 58.6 Å². The summed E-state index contributed by atoms with van der Waals surface area (Å²) in [6.07, 6.45) is -26.9. The van der Waals surface area contributed by atoms with E-state index in [4.69, 9.17) is 117 Å². The van der Waals surface area contributed by atoms with Crippen LogP contribution in [0.2, 0.25) is 0 Å². The zero-order chi connectivity index (χ0) is 128. The summed E-state index contributed by atoms with van der Waals surface area (Å²) in [4.78, 5) is 5.64. The Morgan fingerprint density at radius 1 is 0.397 bits per heavy atom. The minimum absolute atomic E-state index is 0.0187. The Labute approximate surface area is 767 Å². The lowest BCUT2D eigenvalue weighted by molar-refractivity contribution is -0.0259. The summed E-state index contributed by atoms with van der Waals surface area (Å²) in [7, 11) is -0.504. The molecule has 20 nitrogen and oxygen atoms in total. The van der Waals surface area contributed by atoms with E-state index in [0.29, 0.717) is 42.9 Å². The standard InChI is InChI=1S/C20H31NO3.4C19H29NO3/c1-20(2,3)11-14-12-21-7-6-13-8-18(23-4)19(24-5)9-15(13)16(21)10-17(14)22;4*1-12(2)7-14-11-20-6-5-13-8-18(22-3)19(23-4)9-15(13)16(20)10-17(14)21/h8-9,14,16-17,22H,6-7,10-12H2,1-5H3;4*8-9,12,14,16-17,21H,5-7,10-11H2,1-4H3/i1D3,2D3,5D3,8D,9D,10D2,11D2,12D2,14D,17D;4D3,8D,9D,10D2,11D2,14D,17D;4D3,5D2,6D2,8D,9D;2*5D2,6D2,8D,9D. The molecule has 10 heterocycles. The molecule has 116 heavy (non-hydrogen) atoms. The van der Waals surface area contributed by atoms with E-state index in [9.17, 15) is 25.5 Å². The Kier molecular flexibility index (Phi) is 15.5. The SMILES string of the molecule is [2H]c1c(OC([2H])([2H])[2H])c(OC)c([2H])c2c1C1CC(O)C(CC(C)C)CN1C([2H])([2H])C2([2H])[2H].[2H]c1c(OC)c(OC)c([2H])c2c1C1CC(O)C(CC(C)C)CN1C([2H])([2H])C2([2H])[2H].[2H]c1c(OC)c(OC)c([2H])c2c1C1CC(O)C(CC(C)C)CN1C([2H])([2H])C2([2H])[2H].[2H]c1c2c(c([2H])c(OC([2H])([2H])[2H])c1OC)C1N(CC2)C([2H])([2H])C([2H])(C([2H])([2H])C(C)(C([2H])([2H])[2H])C([2H])([2H])[2H])C([2H])(O)C1([2H])[2H].[2H]c1c2c(c([2H])c(OC([2H])([2H])[2H])c1OC)C1N(CC2)C([2H])([2H])C([2H])(CC(C)C)C([2H])(O)C1([2H])[2H]. The predicted molar refractivity (Wildman–Crippen MR) is 460 cm³/mol. The van der Waals surface area contributed by atoms with Gasteiger partial charge in [0.2, 0.25) is 0 Å². The molecule has 15 rings (SSSR count). The van der Waals surface area contributed by atoms with Crippen molar-refractivity contribution < 1.29 is 143 Å². The lowest BCUT2D eigenvalue weighted by Gasteiger charge is -2.47. The van der Waals surface area contributed by atoms with Gasteiger partial charge >= 0.3 is 0 Å². The Morgan fingerprint density at radius 3 is 0.966 bits per heavy atom. The number of rotatable bonds is 19. The van der Waals surface area contributed by atoms with Crippen molar-refractivity contribution in [2.45, 2.75) is 233 Å². The van der Waals surface area contributed by atoms with Crippen molar-refractivity contribution in [2.24, 2.45) is 58.6 Å². The van der Waals surface area contributed by atoms with Crippen LogP contribution in [0.1, 0.15) is 296 Å². The monoisotopic (exact) mass is 1660 g/mol. The van der Waals surface area contributed by atoms with Crippen LogP contribution in [0.4, 0.5) is 0 Å². The first-order valence-corrected chi connectivity index (χ1v) is 39.0. The van der Waals surface area contributed by atoms with Gasteiger partial charge in [0.15, 0.2) is 57.5 Å². The quantitative estimate of drug-likeness (QED) is 0.0520. The summed E-state index contributed by atoms with van der Waals surface area (Å²) in [5.74, 6) is -10.4. The molecule has 10 aliphatic rings. The first kappa shape index (κ1) is 44.5. The number of hydrogen-bond acceptors (Lipinski definition) is 20. The molecule has 0 saturated carbocycles. The lowest BCUT2D eigenvalue weighted by atomic mass is 9.75. The van der Waals surface area contributed by atoms with Gasteiger partial charge in [0.25, 0.3) is 0 Å². The Hall–Kier alpha value is -6.30. The molecule has 0 amide bonds. The van der Waals surface area contributed by atoms with Crippen molar-refractivity contribution >= 4 is 0 Å². The minimum atomic E-state index is -4.29. The van der Waals surface area contributed by atoms with Gasteiger partial charge in [-0.25, -0.2) is 0 Å². The van der Waals surface area contributed by atoms with E-state index in [1.807, 2.05) is 41.5 Å². The molecule has 0 aromatic heterocycles. The second-order valence-corrected chi connectivity index (χ2v) is 31.8. The number of aliphatic hydroxyl groups excluding tert-OH is 3. The zero-order valence-electron chi connectivity index (χ0n) is 120. The summed E-state index contributed by atoms with van der Waals surface area (Å²) in [5.41, 5.74) is -4.99. The maximum absolute atomic E-state index is 11.5. The van der Waals surface area contributed by atoms with Gasteiger partial charge in [-0.3, -0.25) is 24.5 Å². The second-order valence-electron chi connectivity index (χ2n) is 31.8. The molecule has 0 spiro atoms. The zero-order valence-corrected chi connectivity index (χ0v) is 68.6. The van der Waals surface area contributed by atoms with Crippen molar-refractivity contribution in [3.63, 3.8) is 0 Å². The highest BCUT2D eigenvalue weighted by atomic mass is 16.5. The average Bonchev–Trinajstić information content (AvgIpc) is 0.645. The normalized spacial score (nSPS) is 41.4. The van der Waals surface area contributed by atoms with Crippen LogP contribution >= 0.6 is 0 Å². The van der Waals surface area contributed by atoms with E-state index < -0.39 is 261 Å². The van der Waals surface area contributed by atoms with Crippen LogP contribution in [-0.4, -0.2) is 217 Å². The number of aliphatic hydroxyl groups is 5. The minimum Gasteiger partial charge on any atom is -0.493 e. The Morgan fingerprint density at radius 2 is 0.672 bits per heavy atom. The molecule has 0 aliphatic carbocycles. The van der Waals surface area contributed by atoms with Gasteiger partial charge in [-0.15, -0.1) is 0 Å². The van der Waals surface area contributed by atoms with Gasteiger partial charge < -0.3 is 72.9 Å². The third kappa shape index (κ3) is 21.3. The van der Waals surface area contributed by atoms with Crippen molar-refractivity contribution in [3.8, 4) is 57.5 Å².